The average Bonchev–Trinajstić information content (AvgIpc) is 3.00. The molecule has 0 aliphatic heterocycles. The Morgan fingerprint density at radius 3 is 2.82 bits per heavy atom. The fourth-order valence-electron chi connectivity index (χ4n) is 1.91. The van der Waals surface area contributed by atoms with Crippen LogP contribution in [0.4, 0.5) is 11.4 Å². The Morgan fingerprint density at radius 1 is 1.36 bits per heavy atom. The van der Waals surface area contributed by atoms with E-state index < -0.39 is 10.8 Å². The van der Waals surface area contributed by atoms with Crippen LogP contribution in [0.2, 0.25) is 4.34 Å². The number of benzene rings is 1. The van der Waals surface area contributed by atoms with Crippen molar-refractivity contribution in [3.05, 3.63) is 48.6 Å². The van der Waals surface area contributed by atoms with E-state index in [-0.39, 0.29) is 14.9 Å². The summed E-state index contributed by atoms with van der Waals surface area (Å²) in [7, 11) is 0. The highest BCUT2D eigenvalue weighted by molar-refractivity contribution is 7.19. The molecular formula is C13H8ClN3O3S2. The fourth-order valence-corrected chi connectivity index (χ4v) is 3.89. The van der Waals surface area contributed by atoms with Gasteiger partial charge in [0.25, 0.3) is 11.6 Å². The van der Waals surface area contributed by atoms with Crippen LogP contribution < -0.4 is 5.32 Å². The number of hydrogen-bond acceptors (Lipinski definition) is 6. The number of carbonyl (C=O) groups excluding carboxylic acids is 1. The molecule has 3 rings (SSSR count). The summed E-state index contributed by atoms with van der Waals surface area (Å²) in [6.45, 7) is 1.91. The predicted octanol–water partition coefficient (Wildman–Crippen LogP) is 4.48. The first kappa shape index (κ1) is 14.9. The van der Waals surface area contributed by atoms with Crippen molar-refractivity contribution in [1.82, 2.24) is 4.98 Å². The van der Waals surface area contributed by atoms with E-state index in [0.717, 1.165) is 26.6 Å². The second-order valence-corrected chi connectivity index (χ2v) is 7.29. The van der Waals surface area contributed by atoms with Crippen molar-refractivity contribution in [2.45, 2.75) is 6.92 Å². The van der Waals surface area contributed by atoms with E-state index in [0.29, 0.717) is 5.69 Å². The lowest BCUT2D eigenvalue weighted by Gasteiger charge is -2.02. The van der Waals surface area contributed by atoms with Gasteiger partial charge in [-0.15, -0.1) is 22.7 Å². The number of nitrogens with zero attached hydrogens (tertiary/aromatic N) is 2. The first-order chi connectivity index (χ1) is 10.4. The second-order valence-electron chi connectivity index (χ2n) is 4.40. The van der Waals surface area contributed by atoms with E-state index in [1.165, 1.54) is 17.4 Å². The monoisotopic (exact) mass is 353 g/mol. The van der Waals surface area contributed by atoms with Gasteiger partial charge in [-0.25, -0.2) is 4.98 Å². The Kier molecular flexibility index (Phi) is 3.81. The number of nitrogens with one attached hydrogen (secondary N) is 1. The summed E-state index contributed by atoms with van der Waals surface area (Å²) in [6.07, 6.45) is 0. The number of amides is 1. The van der Waals surface area contributed by atoms with E-state index in [4.69, 9.17) is 11.6 Å². The smallest absolute Gasteiger partial charge is 0.299 e. The Hall–Kier alpha value is -2.03. The SMILES string of the molecule is Cc1nc2ccc(NC(=O)c3cc([N+](=O)[O-])c(Cl)s3)cc2s1. The lowest BCUT2D eigenvalue weighted by molar-refractivity contribution is -0.384. The molecule has 6 nitrogen and oxygen atoms in total. The Labute approximate surface area is 137 Å². The Morgan fingerprint density at radius 2 is 2.14 bits per heavy atom. The molecule has 2 heterocycles. The highest BCUT2D eigenvalue weighted by Gasteiger charge is 2.21. The van der Waals surface area contributed by atoms with Crippen molar-refractivity contribution in [2.75, 3.05) is 5.32 Å². The van der Waals surface area contributed by atoms with Gasteiger partial charge in [0.05, 0.1) is 20.1 Å². The normalized spacial score (nSPS) is 10.8. The van der Waals surface area contributed by atoms with Gasteiger partial charge < -0.3 is 5.32 Å². The third-order valence-electron chi connectivity index (χ3n) is 2.84. The van der Waals surface area contributed by atoms with Crippen LogP contribution in [0.3, 0.4) is 0 Å². The maximum Gasteiger partial charge on any atom is 0.299 e. The molecule has 2 aromatic heterocycles. The minimum atomic E-state index is -0.609. The van der Waals surface area contributed by atoms with Gasteiger partial charge in [0.2, 0.25) is 0 Å². The zero-order valence-electron chi connectivity index (χ0n) is 11.1. The van der Waals surface area contributed by atoms with Crippen molar-refractivity contribution in [1.29, 1.82) is 0 Å². The van der Waals surface area contributed by atoms with E-state index in [1.807, 2.05) is 19.1 Å². The zero-order valence-corrected chi connectivity index (χ0v) is 13.5. The fraction of sp³-hybridized carbons (Fsp3) is 0.0769. The van der Waals surface area contributed by atoms with E-state index in [9.17, 15) is 14.9 Å². The summed E-state index contributed by atoms with van der Waals surface area (Å²) in [4.78, 5) is 26.8. The number of aromatic nitrogens is 1. The van der Waals surface area contributed by atoms with Crippen molar-refractivity contribution in [2.24, 2.45) is 0 Å². The molecule has 1 aromatic carbocycles. The molecule has 0 saturated heterocycles. The molecule has 0 bridgehead atoms. The van der Waals surface area contributed by atoms with Crippen molar-refractivity contribution >= 4 is 61.8 Å². The standard InChI is InChI=1S/C13H8ClN3O3S2/c1-6-15-8-3-2-7(4-10(8)21-6)16-13(18)11-5-9(17(19)20)12(14)22-11/h2-5H,1H3,(H,16,18). The van der Waals surface area contributed by atoms with Gasteiger partial charge in [-0.3, -0.25) is 14.9 Å². The van der Waals surface area contributed by atoms with Crippen LogP contribution in [0.1, 0.15) is 14.7 Å². The number of hydrogen-bond donors (Lipinski definition) is 1. The molecule has 9 heteroatoms. The summed E-state index contributed by atoms with van der Waals surface area (Å²) < 4.78 is 0.953. The predicted molar refractivity (Wildman–Crippen MR) is 88.3 cm³/mol. The van der Waals surface area contributed by atoms with Gasteiger partial charge in [-0.1, -0.05) is 11.6 Å². The van der Waals surface area contributed by atoms with Gasteiger partial charge >= 0.3 is 0 Å². The number of halogens is 1. The second kappa shape index (κ2) is 5.64. The molecule has 0 atom stereocenters. The highest BCUT2D eigenvalue weighted by Crippen LogP contribution is 2.34. The molecule has 0 aliphatic carbocycles. The van der Waals surface area contributed by atoms with Crippen molar-refractivity contribution < 1.29 is 9.72 Å². The van der Waals surface area contributed by atoms with Crippen LogP contribution in [-0.2, 0) is 0 Å². The Balaban J connectivity index is 1.86. The van der Waals surface area contributed by atoms with Crippen molar-refractivity contribution in [3.8, 4) is 0 Å². The molecular weight excluding hydrogens is 346 g/mol. The summed E-state index contributed by atoms with van der Waals surface area (Å²) in [6, 6.07) is 6.56. The molecule has 22 heavy (non-hydrogen) atoms. The van der Waals surface area contributed by atoms with E-state index >= 15 is 0 Å². The molecule has 0 unspecified atom stereocenters. The lowest BCUT2D eigenvalue weighted by atomic mass is 10.3. The van der Waals surface area contributed by atoms with Gasteiger partial charge in [0.1, 0.15) is 4.88 Å². The first-order valence-electron chi connectivity index (χ1n) is 6.06. The summed E-state index contributed by atoms with van der Waals surface area (Å²) in [5.74, 6) is -0.430. The van der Waals surface area contributed by atoms with Crippen molar-refractivity contribution in [3.63, 3.8) is 0 Å². The minimum absolute atomic E-state index is 0.0105. The third-order valence-corrected chi connectivity index (χ3v) is 5.11. The number of nitro groups is 1. The third kappa shape index (κ3) is 2.80. The quantitative estimate of drug-likeness (QED) is 0.555. The maximum absolute atomic E-state index is 12.1. The van der Waals surface area contributed by atoms with E-state index in [2.05, 4.69) is 10.3 Å². The summed E-state index contributed by atoms with van der Waals surface area (Å²) in [5.41, 5.74) is 1.22. The Bertz CT molecular complexity index is 903. The van der Waals surface area contributed by atoms with E-state index in [1.54, 1.807) is 6.07 Å². The minimum Gasteiger partial charge on any atom is -0.321 e. The summed E-state index contributed by atoms with van der Waals surface area (Å²) in [5, 5.41) is 14.4. The topological polar surface area (TPSA) is 85.1 Å². The number of carbonyl (C=O) groups is 1. The first-order valence-corrected chi connectivity index (χ1v) is 8.07. The van der Waals surface area contributed by atoms with Crippen LogP contribution in [0.15, 0.2) is 24.3 Å². The number of fused-ring (bicyclic) bond motifs is 1. The molecule has 1 amide bonds. The molecule has 0 fully saturated rings. The molecule has 112 valence electrons. The van der Waals surface area contributed by atoms with Crippen LogP contribution in [0, 0.1) is 17.0 Å². The number of rotatable bonds is 3. The largest absolute Gasteiger partial charge is 0.321 e. The number of anilines is 1. The number of aryl methyl sites for hydroxylation is 1. The van der Waals surface area contributed by atoms with Gasteiger partial charge in [0, 0.05) is 11.8 Å². The van der Waals surface area contributed by atoms with Gasteiger partial charge in [-0.2, -0.15) is 0 Å². The molecule has 0 saturated carbocycles. The zero-order chi connectivity index (χ0) is 15.9. The molecule has 1 N–H and O–H groups in total. The van der Waals surface area contributed by atoms with Crippen LogP contribution in [-0.4, -0.2) is 15.8 Å². The van der Waals surface area contributed by atoms with Gasteiger partial charge in [0.15, 0.2) is 4.34 Å². The van der Waals surface area contributed by atoms with Crippen LogP contribution in [0.25, 0.3) is 10.2 Å². The van der Waals surface area contributed by atoms with Gasteiger partial charge in [-0.05, 0) is 25.1 Å². The number of thiophene rings is 1. The summed E-state index contributed by atoms with van der Waals surface area (Å²) >= 11 is 8.17. The number of thiazole rings is 1. The molecule has 0 radical (unpaired) electrons. The lowest BCUT2D eigenvalue weighted by Crippen LogP contribution is -2.09. The maximum atomic E-state index is 12.1. The van der Waals surface area contributed by atoms with Crippen LogP contribution >= 0.6 is 34.3 Å². The average molecular weight is 354 g/mol. The highest BCUT2D eigenvalue weighted by atomic mass is 35.5. The molecule has 0 spiro atoms. The molecule has 3 aromatic rings. The van der Waals surface area contributed by atoms with Crippen LogP contribution in [0.5, 0.6) is 0 Å². The molecule has 0 aliphatic rings.